The summed E-state index contributed by atoms with van der Waals surface area (Å²) in [5, 5.41) is 0. The lowest BCUT2D eigenvalue weighted by molar-refractivity contribution is 0.373. The molecule has 0 unspecified atom stereocenters. The molecular formula is C14H14ClNO2. The minimum absolute atomic E-state index is 0.447. The SMILES string of the molecule is COc1ccccc1Oc1ncc(CCl)cc1C. The van der Waals surface area contributed by atoms with E-state index in [0.29, 0.717) is 23.3 Å². The molecule has 0 saturated carbocycles. The van der Waals surface area contributed by atoms with Gasteiger partial charge in [-0.3, -0.25) is 0 Å². The van der Waals surface area contributed by atoms with Gasteiger partial charge in [0.15, 0.2) is 11.5 Å². The zero-order valence-electron chi connectivity index (χ0n) is 10.3. The molecule has 0 aliphatic rings. The van der Waals surface area contributed by atoms with Crippen LogP contribution in [-0.2, 0) is 5.88 Å². The molecule has 0 spiro atoms. The predicted octanol–water partition coefficient (Wildman–Crippen LogP) is 3.93. The lowest BCUT2D eigenvalue weighted by atomic mass is 10.2. The van der Waals surface area contributed by atoms with Gasteiger partial charge in [-0.2, -0.15) is 0 Å². The number of aryl methyl sites for hydroxylation is 1. The molecule has 0 atom stereocenters. The summed E-state index contributed by atoms with van der Waals surface area (Å²) in [6.45, 7) is 1.94. The van der Waals surface area contributed by atoms with Crippen molar-refractivity contribution >= 4 is 11.6 Å². The van der Waals surface area contributed by atoms with Gasteiger partial charge in [-0.05, 0) is 30.7 Å². The summed E-state index contributed by atoms with van der Waals surface area (Å²) in [5.74, 6) is 2.34. The van der Waals surface area contributed by atoms with Crippen molar-refractivity contribution in [2.24, 2.45) is 0 Å². The monoisotopic (exact) mass is 263 g/mol. The number of aromatic nitrogens is 1. The number of benzene rings is 1. The maximum absolute atomic E-state index is 5.76. The van der Waals surface area contributed by atoms with E-state index in [1.165, 1.54) is 0 Å². The molecule has 1 aromatic carbocycles. The molecule has 0 bridgehead atoms. The van der Waals surface area contributed by atoms with Crippen molar-refractivity contribution in [3.8, 4) is 17.4 Å². The summed E-state index contributed by atoms with van der Waals surface area (Å²) < 4.78 is 11.0. The van der Waals surface area contributed by atoms with E-state index in [2.05, 4.69) is 4.98 Å². The molecule has 0 saturated heterocycles. The highest BCUT2D eigenvalue weighted by molar-refractivity contribution is 6.17. The number of hydrogen-bond acceptors (Lipinski definition) is 3. The normalized spacial score (nSPS) is 10.2. The molecule has 2 aromatic rings. The third-order valence-corrected chi connectivity index (χ3v) is 2.83. The van der Waals surface area contributed by atoms with Crippen LogP contribution in [0.5, 0.6) is 17.4 Å². The Morgan fingerprint density at radius 1 is 1.22 bits per heavy atom. The van der Waals surface area contributed by atoms with Crippen LogP contribution in [0, 0.1) is 6.92 Å². The van der Waals surface area contributed by atoms with Gasteiger partial charge in [0.1, 0.15) is 0 Å². The molecule has 1 heterocycles. The Balaban J connectivity index is 2.28. The van der Waals surface area contributed by atoms with Gasteiger partial charge in [-0.1, -0.05) is 12.1 Å². The lowest BCUT2D eigenvalue weighted by Gasteiger charge is -2.11. The number of methoxy groups -OCH3 is 1. The molecule has 0 aliphatic carbocycles. The summed E-state index contributed by atoms with van der Waals surface area (Å²) in [4.78, 5) is 4.26. The number of para-hydroxylation sites is 2. The third kappa shape index (κ3) is 2.74. The number of hydrogen-bond donors (Lipinski definition) is 0. The van der Waals surface area contributed by atoms with Crippen molar-refractivity contribution in [2.75, 3.05) is 7.11 Å². The number of alkyl halides is 1. The molecule has 0 fully saturated rings. The van der Waals surface area contributed by atoms with Gasteiger partial charge >= 0.3 is 0 Å². The van der Waals surface area contributed by atoms with E-state index in [-0.39, 0.29) is 0 Å². The summed E-state index contributed by atoms with van der Waals surface area (Å²) in [5.41, 5.74) is 1.92. The van der Waals surface area contributed by atoms with Gasteiger partial charge in [-0.15, -0.1) is 11.6 Å². The molecule has 1 aromatic heterocycles. The fraction of sp³-hybridized carbons (Fsp3) is 0.214. The molecule has 18 heavy (non-hydrogen) atoms. The van der Waals surface area contributed by atoms with E-state index in [1.807, 2.05) is 37.3 Å². The summed E-state index contributed by atoms with van der Waals surface area (Å²) in [6.07, 6.45) is 1.71. The zero-order valence-corrected chi connectivity index (χ0v) is 11.1. The lowest BCUT2D eigenvalue weighted by Crippen LogP contribution is -1.95. The van der Waals surface area contributed by atoms with Crippen molar-refractivity contribution in [1.29, 1.82) is 0 Å². The maximum atomic E-state index is 5.76. The zero-order chi connectivity index (χ0) is 13.0. The first-order valence-corrected chi connectivity index (χ1v) is 6.10. The Kier molecular flexibility index (Phi) is 4.05. The van der Waals surface area contributed by atoms with Crippen molar-refractivity contribution < 1.29 is 9.47 Å². The Morgan fingerprint density at radius 3 is 2.56 bits per heavy atom. The first-order chi connectivity index (χ1) is 8.74. The fourth-order valence-electron chi connectivity index (χ4n) is 1.61. The molecule has 94 valence electrons. The van der Waals surface area contributed by atoms with Crippen LogP contribution < -0.4 is 9.47 Å². The third-order valence-electron chi connectivity index (χ3n) is 2.52. The maximum Gasteiger partial charge on any atom is 0.222 e. The number of rotatable bonds is 4. The molecule has 0 amide bonds. The van der Waals surface area contributed by atoms with E-state index < -0.39 is 0 Å². The number of nitrogens with zero attached hydrogens (tertiary/aromatic N) is 1. The van der Waals surface area contributed by atoms with Gasteiger partial charge in [0, 0.05) is 17.6 Å². The van der Waals surface area contributed by atoms with Gasteiger partial charge < -0.3 is 9.47 Å². The molecule has 0 radical (unpaired) electrons. The first-order valence-electron chi connectivity index (χ1n) is 5.57. The van der Waals surface area contributed by atoms with Crippen molar-refractivity contribution in [1.82, 2.24) is 4.98 Å². The summed E-state index contributed by atoms with van der Waals surface area (Å²) >= 11 is 5.76. The highest BCUT2D eigenvalue weighted by atomic mass is 35.5. The van der Waals surface area contributed by atoms with Crippen molar-refractivity contribution in [3.63, 3.8) is 0 Å². The van der Waals surface area contributed by atoms with Gasteiger partial charge in [0.25, 0.3) is 0 Å². The average molecular weight is 264 g/mol. The van der Waals surface area contributed by atoms with Crippen LogP contribution in [0.4, 0.5) is 0 Å². The van der Waals surface area contributed by atoms with Crippen molar-refractivity contribution in [3.05, 3.63) is 47.7 Å². The fourth-order valence-corrected chi connectivity index (χ4v) is 1.75. The van der Waals surface area contributed by atoms with Crippen LogP contribution in [0.25, 0.3) is 0 Å². The smallest absolute Gasteiger partial charge is 0.222 e. The Morgan fingerprint density at radius 2 is 1.94 bits per heavy atom. The van der Waals surface area contributed by atoms with Crippen LogP contribution in [0.1, 0.15) is 11.1 Å². The molecular weight excluding hydrogens is 250 g/mol. The molecule has 0 aliphatic heterocycles. The average Bonchev–Trinajstić information content (AvgIpc) is 2.41. The second-order valence-electron chi connectivity index (χ2n) is 3.85. The standard InChI is InChI=1S/C14H14ClNO2/c1-10-7-11(8-15)9-16-14(10)18-13-6-4-3-5-12(13)17-2/h3-7,9H,8H2,1-2H3. The Hall–Kier alpha value is -1.74. The topological polar surface area (TPSA) is 31.4 Å². The van der Waals surface area contributed by atoms with Crippen LogP contribution in [0.2, 0.25) is 0 Å². The highest BCUT2D eigenvalue weighted by Gasteiger charge is 2.08. The van der Waals surface area contributed by atoms with E-state index in [1.54, 1.807) is 13.3 Å². The summed E-state index contributed by atoms with van der Waals surface area (Å²) in [7, 11) is 1.61. The number of pyridine rings is 1. The molecule has 0 N–H and O–H groups in total. The van der Waals surface area contributed by atoms with Crippen LogP contribution in [-0.4, -0.2) is 12.1 Å². The highest BCUT2D eigenvalue weighted by Crippen LogP contribution is 2.31. The summed E-state index contributed by atoms with van der Waals surface area (Å²) in [6, 6.07) is 9.43. The predicted molar refractivity (Wildman–Crippen MR) is 71.6 cm³/mol. The molecule has 4 heteroatoms. The van der Waals surface area contributed by atoms with Crippen molar-refractivity contribution in [2.45, 2.75) is 12.8 Å². The quantitative estimate of drug-likeness (QED) is 0.783. The van der Waals surface area contributed by atoms with E-state index >= 15 is 0 Å². The van der Waals surface area contributed by atoms with E-state index in [4.69, 9.17) is 21.1 Å². The second-order valence-corrected chi connectivity index (χ2v) is 4.12. The van der Waals surface area contributed by atoms with Gasteiger partial charge in [0.2, 0.25) is 5.88 Å². The number of halogens is 1. The molecule has 2 rings (SSSR count). The number of ether oxygens (including phenoxy) is 2. The van der Waals surface area contributed by atoms with Gasteiger partial charge in [-0.25, -0.2) is 4.98 Å². The largest absolute Gasteiger partial charge is 0.493 e. The molecule has 3 nitrogen and oxygen atoms in total. The minimum Gasteiger partial charge on any atom is -0.493 e. The Labute approximate surface area is 111 Å². The van der Waals surface area contributed by atoms with Crippen LogP contribution in [0.15, 0.2) is 36.5 Å². The minimum atomic E-state index is 0.447. The van der Waals surface area contributed by atoms with Crippen LogP contribution in [0.3, 0.4) is 0 Å². The van der Waals surface area contributed by atoms with Crippen LogP contribution >= 0.6 is 11.6 Å². The Bertz CT molecular complexity index is 543. The van der Waals surface area contributed by atoms with E-state index in [0.717, 1.165) is 11.1 Å². The second kappa shape index (κ2) is 5.74. The first kappa shape index (κ1) is 12.7. The van der Waals surface area contributed by atoms with Gasteiger partial charge in [0.05, 0.1) is 7.11 Å². The van der Waals surface area contributed by atoms with E-state index in [9.17, 15) is 0 Å².